The molecule has 0 unspecified atom stereocenters. The van der Waals surface area contributed by atoms with E-state index in [1.165, 1.54) is 11.8 Å². The van der Waals surface area contributed by atoms with Gasteiger partial charge in [0.25, 0.3) is 5.91 Å². The number of rotatable bonds is 10. The number of aromatic nitrogens is 3. The number of benzene rings is 2. The summed E-state index contributed by atoms with van der Waals surface area (Å²) in [6, 6.07) is 11.5. The zero-order chi connectivity index (χ0) is 23.1. The number of nitrogens with one attached hydrogen (secondary N) is 1. The molecule has 3 rings (SSSR count). The molecule has 2 aromatic carbocycles. The average Bonchev–Trinajstić information content (AvgIpc) is 3.14. The van der Waals surface area contributed by atoms with E-state index in [4.69, 9.17) is 33.7 Å². The highest BCUT2D eigenvalue weighted by Gasteiger charge is 2.16. The molecule has 0 aliphatic rings. The Morgan fingerprint density at radius 1 is 1.22 bits per heavy atom. The van der Waals surface area contributed by atoms with E-state index in [2.05, 4.69) is 22.1 Å². The zero-order valence-corrected chi connectivity index (χ0v) is 19.1. The van der Waals surface area contributed by atoms with Crippen LogP contribution < -0.4 is 15.8 Å². The summed E-state index contributed by atoms with van der Waals surface area (Å²) >= 11 is 13.2. The highest BCUT2D eigenvalue weighted by Crippen LogP contribution is 2.28. The Hall–Kier alpha value is -3.01. The Bertz CT molecular complexity index is 1150. The van der Waals surface area contributed by atoms with Gasteiger partial charge in [-0.15, -0.1) is 16.8 Å². The van der Waals surface area contributed by atoms with Gasteiger partial charge >= 0.3 is 0 Å². The molecular formula is C21H19Cl2N5O3S. The van der Waals surface area contributed by atoms with E-state index in [9.17, 15) is 9.59 Å². The summed E-state index contributed by atoms with van der Waals surface area (Å²) in [5.41, 5.74) is 5.94. The first-order chi connectivity index (χ1) is 15.4. The molecule has 0 aliphatic carbocycles. The molecule has 11 heteroatoms. The molecular weight excluding hydrogens is 473 g/mol. The lowest BCUT2D eigenvalue weighted by molar-refractivity contribution is -0.113. The van der Waals surface area contributed by atoms with Crippen molar-refractivity contribution in [2.24, 2.45) is 5.73 Å². The molecule has 32 heavy (non-hydrogen) atoms. The molecule has 0 saturated carbocycles. The van der Waals surface area contributed by atoms with Crippen molar-refractivity contribution in [3.63, 3.8) is 0 Å². The van der Waals surface area contributed by atoms with Gasteiger partial charge in [-0.3, -0.25) is 14.2 Å². The molecule has 0 radical (unpaired) electrons. The number of amides is 2. The average molecular weight is 492 g/mol. The number of halogens is 2. The van der Waals surface area contributed by atoms with Crippen LogP contribution in [-0.4, -0.2) is 32.3 Å². The van der Waals surface area contributed by atoms with Crippen LogP contribution in [0.25, 0.3) is 0 Å². The van der Waals surface area contributed by atoms with Crippen LogP contribution in [-0.2, 0) is 17.9 Å². The van der Waals surface area contributed by atoms with Crippen LogP contribution >= 0.6 is 35.0 Å². The fourth-order valence-electron chi connectivity index (χ4n) is 2.70. The number of para-hydroxylation sites is 1. The SMILES string of the molecule is C=CCn1c(COc2ccc(Cl)cc2Cl)nnc1SCC(=O)Nc1ccccc1C(N)=O. The highest BCUT2D eigenvalue weighted by molar-refractivity contribution is 7.99. The molecule has 0 aliphatic heterocycles. The summed E-state index contributed by atoms with van der Waals surface area (Å²) in [6.45, 7) is 4.29. The number of nitrogens with two attached hydrogens (primary N) is 1. The number of primary amides is 1. The molecule has 3 aromatic rings. The maximum atomic E-state index is 12.4. The fourth-order valence-corrected chi connectivity index (χ4v) is 3.93. The first-order valence-corrected chi connectivity index (χ1v) is 11.1. The lowest BCUT2D eigenvalue weighted by Gasteiger charge is -2.11. The molecule has 2 amide bonds. The van der Waals surface area contributed by atoms with Crippen molar-refractivity contribution in [2.75, 3.05) is 11.1 Å². The minimum atomic E-state index is -0.621. The van der Waals surface area contributed by atoms with Gasteiger partial charge in [0.2, 0.25) is 5.91 Å². The van der Waals surface area contributed by atoms with Crippen molar-refractivity contribution in [3.05, 3.63) is 76.6 Å². The standard InChI is InChI=1S/C21H19Cl2N5O3S/c1-2-9-28-18(11-31-17-8-7-13(22)10-15(17)23)26-27-21(28)32-12-19(29)25-16-6-4-3-5-14(16)20(24)30/h2-8,10H,1,9,11-12H2,(H2,24,30)(H,25,29). The number of ether oxygens (including phenoxy) is 1. The molecule has 0 bridgehead atoms. The predicted octanol–water partition coefficient (Wildman–Crippen LogP) is 4.18. The van der Waals surface area contributed by atoms with Gasteiger partial charge in [0, 0.05) is 11.6 Å². The summed E-state index contributed by atoms with van der Waals surface area (Å²) in [6.07, 6.45) is 1.69. The molecule has 0 saturated heterocycles. The summed E-state index contributed by atoms with van der Waals surface area (Å²) in [5, 5.41) is 12.4. The molecule has 0 atom stereocenters. The van der Waals surface area contributed by atoms with Crippen molar-refractivity contribution in [3.8, 4) is 5.75 Å². The van der Waals surface area contributed by atoms with Gasteiger partial charge < -0.3 is 15.8 Å². The third kappa shape index (κ3) is 6.03. The van der Waals surface area contributed by atoms with E-state index < -0.39 is 5.91 Å². The molecule has 8 nitrogen and oxygen atoms in total. The van der Waals surface area contributed by atoms with Crippen LogP contribution in [0, 0.1) is 0 Å². The maximum absolute atomic E-state index is 12.4. The fraction of sp³-hybridized carbons (Fsp3) is 0.143. The summed E-state index contributed by atoms with van der Waals surface area (Å²) in [5.74, 6) is 0.114. The number of hydrogen-bond acceptors (Lipinski definition) is 6. The van der Waals surface area contributed by atoms with E-state index in [-0.39, 0.29) is 23.8 Å². The van der Waals surface area contributed by atoms with Crippen molar-refractivity contribution in [1.29, 1.82) is 0 Å². The number of hydrogen-bond donors (Lipinski definition) is 2. The summed E-state index contributed by atoms with van der Waals surface area (Å²) in [4.78, 5) is 23.9. The molecule has 3 N–H and O–H groups in total. The smallest absolute Gasteiger partial charge is 0.250 e. The quantitative estimate of drug-likeness (QED) is 0.325. The molecule has 1 heterocycles. The van der Waals surface area contributed by atoms with E-state index >= 15 is 0 Å². The van der Waals surface area contributed by atoms with Gasteiger partial charge in [0.1, 0.15) is 12.4 Å². The third-order valence-electron chi connectivity index (χ3n) is 4.15. The van der Waals surface area contributed by atoms with Gasteiger partial charge in [-0.05, 0) is 30.3 Å². The second-order valence-corrected chi connectivity index (χ2v) is 8.19. The third-order valence-corrected chi connectivity index (χ3v) is 5.65. The largest absolute Gasteiger partial charge is 0.484 e. The summed E-state index contributed by atoms with van der Waals surface area (Å²) in [7, 11) is 0. The van der Waals surface area contributed by atoms with Crippen LogP contribution in [0.3, 0.4) is 0 Å². The minimum absolute atomic E-state index is 0.0479. The number of nitrogens with zero attached hydrogens (tertiary/aromatic N) is 3. The van der Waals surface area contributed by atoms with E-state index in [1.54, 1.807) is 53.1 Å². The Balaban J connectivity index is 1.65. The Morgan fingerprint density at radius 3 is 2.72 bits per heavy atom. The molecule has 1 aromatic heterocycles. The first kappa shape index (κ1) is 23.6. The molecule has 166 valence electrons. The van der Waals surface area contributed by atoms with Crippen molar-refractivity contribution < 1.29 is 14.3 Å². The van der Waals surface area contributed by atoms with Crippen molar-refractivity contribution in [2.45, 2.75) is 18.3 Å². The van der Waals surface area contributed by atoms with Crippen LogP contribution in [0.5, 0.6) is 5.75 Å². The molecule has 0 spiro atoms. The van der Waals surface area contributed by atoms with E-state index in [0.717, 1.165) is 0 Å². The summed E-state index contributed by atoms with van der Waals surface area (Å²) < 4.78 is 7.52. The van der Waals surface area contributed by atoms with E-state index in [0.29, 0.717) is 39.0 Å². The van der Waals surface area contributed by atoms with Gasteiger partial charge in [-0.2, -0.15) is 0 Å². The minimum Gasteiger partial charge on any atom is -0.484 e. The Morgan fingerprint density at radius 2 is 2.00 bits per heavy atom. The highest BCUT2D eigenvalue weighted by atomic mass is 35.5. The number of carbonyl (C=O) groups excluding carboxylic acids is 2. The van der Waals surface area contributed by atoms with Crippen LogP contribution in [0.4, 0.5) is 5.69 Å². The Kier molecular flexibility index (Phi) is 8.15. The van der Waals surface area contributed by atoms with Crippen LogP contribution in [0.2, 0.25) is 10.0 Å². The number of carbonyl (C=O) groups is 2. The lowest BCUT2D eigenvalue weighted by atomic mass is 10.1. The van der Waals surface area contributed by atoms with Crippen LogP contribution in [0.15, 0.2) is 60.3 Å². The normalized spacial score (nSPS) is 10.6. The maximum Gasteiger partial charge on any atom is 0.250 e. The molecule has 0 fully saturated rings. The lowest BCUT2D eigenvalue weighted by Crippen LogP contribution is -2.19. The van der Waals surface area contributed by atoms with E-state index in [1.807, 2.05) is 0 Å². The second kappa shape index (κ2) is 11.0. The number of anilines is 1. The van der Waals surface area contributed by atoms with Gasteiger partial charge in [0.15, 0.2) is 11.0 Å². The van der Waals surface area contributed by atoms with Crippen molar-refractivity contribution in [1.82, 2.24) is 14.8 Å². The zero-order valence-electron chi connectivity index (χ0n) is 16.8. The van der Waals surface area contributed by atoms with Crippen LogP contribution in [0.1, 0.15) is 16.2 Å². The topological polar surface area (TPSA) is 112 Å². The predicted molar refractivity (Wildman–Crippen MR) is 125 cm³/mol. The van der Waals surface area contributed by atoms with Gasteiger partial charge in [-0.25, -0.2) is 0 Å². The Labute approximate surface area is 198 Å². The monoisotopic (exact) mass is 491 g/mol. The number of allylic oxidation sites excluding steroid dienone is 1. The second-order valence-electron chi connectivity index (χ2n) is 6.41. The first-order valence-electron chi connectivity index (χ1n) is 9.31. The van der Waals surface area contributed by atoms with Crippen molar-refractivity contribution >= 4 is 52.5 Å². The van der Waals surface area contributed by atoms with Gasteiger partial charge in [0.05, 0.1) is 22.0 Å². The van der Waals surface area contributed by atoms with Gasteiger partial charge in [-0.1, -0.05) is 53.2 Å². The number of thioether (sulfide) groups is 1.